The number of aromatic nitrogens is 3. The maximum atomic E-state index is 11.1. The van der Waals surface area contributed by atoms with E-state index in [9.17, 15) is 4.79 Å². The van der Waals surface area contributed by atoms with Crippen LogP contribution in [0.1, 0.15) is 26.7 Å². The van der Waals surface area contributed by atoms with Gasteiger partial charge in [-0.2, -0.15) is 5.26 Å². The first-order valence-electron chi connectivity index (χ1n) is 5.12. The van der Waals surface area contributed by atoms with E-state index in [0.717, 1.165) is 18.6 Å². The molecule has 0 saturated carbocycles. The van der Waals surface area contributed by atoms with Crippen LogP contribution < -0.4 is 5.69 Å². The molecule has 0 atom stereocenters. The number of H-pyrrole nitrogens is 1. The van der Waals surface area contributed by atoms with Gasteiger partial charge in [-0.3, -0.25) is 4.57 Å². The lowest BCUT2D eigenvalue weighted by Crippen LogP contribution is -2.13. The lowest BCUT2D eigenvalue weighted by Gasteiger charge is -2.13. The Morgan fingerprint density at radius 2 is 2.31 bits per heavy atom. The molecule has 0 aliphatic rings. The molecule has 0 spiro atoms. The molecule has 88 valence electrons. The molecule has 1 N–H and O–H groups in total. The average molecular weight is 240 g/mol. The molecule has 1 aromatic heterocycles. The zero-order valence-electron chi connectivity index (χ0n) is 9.78. The first kappa shape index (κ1) is 12.8. The number of hydrogen-bond donors (Lipinski definition) is 1. The van der Waals surface area contributed by atoms with E-state index in [0.29, 0.717) is 5.16 Å². The smallest absolute Gasteiger partial charge is 0.273 e. The normalized spacial score (nSPS) is 11.4. The first-order chi connectivity index (χ1) is 7.46. The molecule has 0 unspecified atom stereocenters. The second-order valence-corrected chi connectivity index (χ2v) is 5.38. The fourth-order valence-corrected chi connectivity index (χ4v) is 2.05. The summed E-state index contributed by atoms with van der Waals surface area (Å²) in [5.41, 5.74) is -0.460. The molecule has 0 fully saturated rings. The first-order valence-corrected chi connectivity index (χ1v) is 6.10. The molecule has 0 amide bonds. The molecule has 16 heavy (non-hydrogen) atoms. The molecule has 0 bridgehead atoms. The number of aromatic amines is 1. The lowest BCUT2D eigenvalue weighted by molar-refractivity contribution is 0.447. The third kappa shape index (κ3) is 3.42. The molecule has 0 aliphatic heterocycles. The van der Waals surface area contributed by atoms with Crippen molar-refractivity contribution in [3.8, 4) is 6.07 Å². The van der Waals surface area contributed by atoms with Crippen LogP contribution in [0.4, 0.5) is 0 Å². The third-order valence-electron chi connectivity index (χ3n) is 2.32. The van der Waals surface area contributed by atoms with E-state index >= 15 is 0 Å². The molecule has 6 heteroatoms. The van der Waals surface area contributed by atoms with E-state index in [2.05, 4.69) is 16.3 Å². The van der Waals surface area contributed by atoms with Crippen molar-refractivity contribution in [3.05, 3.63) is 10.5 Å². The van der Waals surface area contributed by atoms with E-state index in [1.54, 1.807) is 7.05 Å². The number of rotatable bonds is 5. The van der Waals surface area contributed by atoms with E-state index in [4.69, 9.17) is 5.26 Å². The van der Waals surface area contributed by atoms with Crippen molar-refractivity contribution in [1.29, 1.82) is 5.26 Å². The molecule has 1 aromatic rings. The van der Waals surface area contributed by atoms with Crippen LogP contribution in [0, 0.1) is 16.7 Å². The van der Waals surface area contributed by atoms with Crippen LogP contribution in [0.2, 0.25) is 0 Å². The predicted molar refractivity (Wildman–Crippen MR) is 63.2 cm³/mol. The Hall–Kier alpha value is -1.22. The second kappa shape index (κ2) is 5.21. The van der Waals surface area contributed by atoms with Gasteiger partial charge in [-0.25, -0.2) is 9.89 Å². The maximum absolute atomic E-state index is 11.1. The molecule has 1 heterocycles. The Morgan fingerprint density at radius 1 is 1.62 bits per heavy atom. The lowest BCUT2D eigenvalue weighted by atomic mass is 9.90. The van der Waals surface area contributed by atoms with Gasteiger partial charge in [0.05, 0.1) is 11.5 Å². The molecule has 0 aromatic carbocycles. The van der Waals surface area contributed by atoms with Crippen molar-refractivity contribution in [2.45, 2.75) is 31.8 Å². The molecule has 5 nitrogen and oxygen atoms in total. The summed E-state index contributed by atoms with van der Waals surface area (Å²) in [7, 11) is 1.69. The Labute approximate surface area is 98.9 Å². The van der Waals surface area contributed by atoms with E-state index in [-0.39, 0.29) is 11.1 Å². The van der Waals surface area contributed by atoms with Crippen LogP contribution in [0.25, 0.3) is 0 Å². The van der Waals surface area contributed by atoms with Crippen molar-refractivity contribution < 1.29 is 0 Å². The van der Waals surface area contributed by atoms with Crippen LogP contribution in [0.5, 0.6) is 0 Å². The standard InChI is InChI=1S/C10H16N4OS/c1-10(2,7-11)5-4-6-16-9-13-12-8(15)14(9)3/h4-6H2,1-3H3,(H,12,15). The van der Waals surface area contributed by atoms with Gasteiger partial charge in [0.25, 0.3) is 0 Å². The number of nitrogens with zero attached hydrogens (tertiary/aromatic N) is 3. The SMILES string of the molecule is Cn1c(SCCCC(C)(C)C#N)n[nH]c1=O. The highest BCUT2D eigenvalue weighted by atomic mass is 32.2. The highest BCUT2D eigenvalue weighted by Crippen LogP contribution is 2.23. The van der Waals surface area contributed by atoms with Gasteiger partial charge in [-0.1, -0.05) is 11.8 Å². The van der Waals surface area contributed by atoms with Gasteiger partial charge in [-0.15, -0.1) is 5.10 Å². The van der Waals surface area contributed by atoms with Crippen LogP contribution in [-0.2, 0) is 7.05 Å². The van der Waals surface area contributed by atoms with Crippen LogP contribution in [-0.4, -0.2) is 20.5 Å². The fraction of sp³-hybridized carbons (Fsp3) is 0.700. The third-order valence-corrected chi connectivity index (χ3v) is 3.43. The summed E-state index contributed by atoms with van der Waals surface area (Å²) >= 11 is 1.53. The van der Waals surface area contributed by atoms with Gasteiger partial charge in [0.2, 0.25) is 0 Å². The number of hydrogen-bond acceptors (Lipinski definition) is 4. The van der Waals surface area contributed by atoms with E-state index in [1.807, 2.05) is 13.8 Å². The van der Waals surface area contributed by atoms with Gasteiger partial charge in [-0.05, 0) is 26.7 Å². The zero-order chi connectivity index (χ0) is 12.2. The summed E-state index contributed by atoms with van der Waals surface area (Å²) in [6.07, 6.45) is 1.79. The molecular weight excluding hydrogens is 224 g/mol. The van der Waals surface area contributed by atoms with Crippen LogP contribution >= 0.6 is 11.8 Å². The summed E-state index contributed by atoms with van der Waals surface area (Å²) < 4.78 is 1.49. The number of thioether (sulfide) groups is 1. The Bertz CT molecular complexity index is 440. The minimum Gasteiger partial charge on any atom is -0.273 e. The molecule has 1 rings (SSSR count). The Morgan fingerprint density at radius 3 is 2.81 bits per heavy atom. The van der Waals surface area contributed by atoms with Crippen molar-refractivity contribution in [2.75, 3.05) is 5.75 Å². The number of nitriles is 1. The average Bonchev–Trinajstić information content (AvgIpc) is 2.56. The summed E-state index contributed by atoms with van der Waals surface area (Å²) in [6, 6.07) is 2.27. The van der Waals surface area contributed by atoms with Gasteiger partial charge in [0.1, 0.15) is 0 Å². The van der Waals surface area contributed by atoms with E-state index in [1.165, 1.54) is 16.3 Å². The quantitative estimate of drug-likeness (QED) is 0.625. The molecule has 0 radical (unpaired) electrons. The molecular formula is C10H16N4OS. The highest BCUT2D eigenvalue weighted by molar-refractivity contribution is 7.99. The highest BCUT2D eigenvalue weighted by Gasteiger charge is 2.15. The van der Waals surface area contributed by atoms with Crippen LogP contribution in [0.15, 0.2) is 9.95 Å². The van der Waals surface area contributed by atoms with Gasteiger partial charge in [0.15, 0.2) is 5.16 Å². The predicted octanol–water partition coefficient (Wildman–Crippen LogP) is 1.53. The topological polar surface area (TPSA) is 74.5 Å². The summed E-state index contributed by atoms with van der Waals surface area (Å²) in [5, 5.41) is 15.8. The van der Waals surface area contributed by atoms with Gasteiger partial charge >= 0.3 is 5.69 Å². The van der Waals surface area contributed by atoms with Gasteiger partial charge in [0, 0.05) is 12.8 Å². The zero-order valence-corrected chi connectivity index (χ0v) is 10.6. The number of nitrogens with one attached hydrogen (secondary N) is 1. The van der Waals surface area contributed by atoms with Crippen molar-refractivity contribution in [2.24, 2.45) is 12.5 Å². The Balaban J connectivity index is 2.35. The van der Waals surface area contributed by atoms with Gasteiger partial charge < -0.3 is 0 Å². The summed E-state index contributed by atoms with van der Waals surface area (Å²) in [4.78, 5) is 11.1. The molecule has 0 aliphatic carbocycles. The minimum absolute atomic E-state index is 0.195. The van der Waals surface area contributed by atoms with Crippen LogP contribution in [0.3, 0.4) is 0 Å². The summed E-state index contributed by atoms with van der Waals surface area (Å²) in [5.74, 6) is 0.864. The largest absolute Gasteiger partial charge is 0.343 e. The minimum atomic E-state index is -0.266. The second-order valence-electron chi connectivity index (χ2n) is 4.32. The summed E-state index contributed by atoms with van der Waals surface area (Å²) in [6.45, 7) is 3.86. The maximum Gasteiger partial charge on any atom is 0.343 e. The monoisotopic (exact) mass is 240 g/mol. The van der Waals surface area contributed by atoms with E-state index < -0.39 is 0 Å². The fourth-order valence-electron chi connectivity index (χ4n) is 1.20. The Kier molecular flexibility index (Phi) is 4.19. The van der Waals surface area contributed by atoms with Crippen molar-refractivity contribution >= 4 is 11.8 Å². The molecule has 0 saturated heterocycles. The van der Waals surface area contributed by atoms with Crippen molar-refractivity contribution in [3.63, 3.8) is 0 Å². The van der Waals surface area contributed by atoms with Crippen molar-refractivity contribution in [1.82, 2.24) is 14.8 Å².